The van der Waals surface area contributed by atoms with Gasteiger partial charge < -0.3 is 112 Å². The molecule has 0 spiro atoms. The van der Waals surface area contributed by atoms with E-state index in [1.165, 1.54) is 56.5 Å². The highest BCUT2D eigenvalue weighted by atomic mass is 35.5. The first-order chi connectivity index (χ1) is 48.2. The van der Waals surface area contributed by atoms with Crippen LogP contribution < -0.4 is 52.3 Å². The molecular weight excluding hydrogens is 1380 g/mol. The number of carbonyl (C=O) groups is 8. The Hall–Kier alpha value is -8.76. The zero-order valence-corrected chi connectivity index (χ0v) is 57.8. The van der Waals surface area contributed by atoms with E-state index in [1.807, 2.05) is 13.8 Å². The van der Waals surface area contributed by atoms with Gasteiger partial charge in [0, 0.05) is 67.0 Å². The second-order valence-electron chi connectivity index (χ2n) is 26.9. The number of carbonyl (C=O) groups excluding carboxylic acids is 7. The number of nitrogens with one attached hydrogen (secondary N) is 5. The minimum absolute atomic E-state index is 0.00957. The van der Waals surface area contributed by atoms with Crippen LogP contribution in [0.5, 0.6) is 46.0 Å². The monoisotopic (exact) mass is 1460 g/mol. The Morgan fingerprint density at radius 3 is 2.01 bits per heavy atom. The fraction of sp³-hybridized carbons (Fsp3) is 0.457. The Kier molecular flexibility index (Phi) is 23.1. The number of halogens is 2. The zero-order valence-electron chi connectivity index (χ0n) is 56.3. The number of carboxylic acid groups (broad SMARTS) is 1. The molecular formula is C70H81Cl2N7O23. The van der Waals surface area contributed by atoms with Gasteiger partial charge in [0.1, 0.15) is 65.2 Å². The molecule has 30 nitrogen and oxygen atoms in total. The highest BCUT2D eigenvalue weighted by Crippen LogP contribution is 2.50. The molecule has 0 aliphatic carbocycles. The topological polar surface area (TPSA) is 475 Å². The van der Waals surface area contributed by atoms with Crippen molar-refractivity contribution in [2.75, 3.05) is 20.8 Å². The number of carboxylic acids is 1. The van der Waals surface area contributed by atoms with Crippen molar-refractivity contribution >= 4 is 70.3 Å². The van der Waals surface area contributed by atoms with Gasteiger partial charge in [-0.2, -0.15) is 0 Å². The molecule has 0 saturated carbocycles. The molecule has 7 aliphatic rings. The summed E-state index contributed by atoms with van der Waals surface area (Å²) in [5.41, 5.74) is 9.27. The normalized spacial score (nSPS) is 29.4. The largest absolute Gasteiger partial charge is 0.508 e. The lowest BCUT2D eigenvalue weighted by Crippen LogP contribution is -2.64. The summed E-state index contributed by atoms with van der Waals surface area (Å²) in [6.07, 6.45) is -17.0. The lowest BCUT2D eigenvalue weighted by atomic mass is 9.84. The third-order valence-electron chi connectivity index (χ3n) is 18.9. The molecule has 5 amide bonds. The molecule has 5 aromatic rings. The summed E-state index contributed by atoms with van der Waals surface area (Å²) in [7, 11) is 2.85. The second kappa shape index (κ2) is 31.1. The van der Waals surface area contributed by atoms with Crippen LogP contribution in [-0.4, -0.2) is 182 Å². The number of Topliss-reactive ketones (excluding diaryl/α,β-unsaturated/α-hetero) is 2. The van der Waals surface area contributed by atoms with Gasteiger partial charge in [-0.3, -0.25) is 33.6 Å². The highest BCUT2D eigenvalue weighted by molar-refractivity contribution is 6.32. The van der Waals surface area contributed by atoms with Crippen LogP contribution >= 0.6 is 23.2 Å². The third kappa shape index (κ3) is 16.2. The van der Waals surface area contributed by atoms with Gasteiger partial charge in [-0.05, 0) is 110 Å². The van der Waals surface area contributed by atoms with Crippen LogP contribution in [0.3, 0.4) is 0 Å². The van der Waals surface area contributed by atoms with Gasteiger partial charge in [0.2, 0.25) is 41.6 Å². The summed E-state index contributed by atoms with van der Waals surface area (Å²) in [6.45, 7) is 8.09. The summed E-state index contributed by atoms with van der Waals surface area (Å²) in [5.74, 6) is -18.0. The number of aromatic hydroxyl groups is 3. The van der Waals surface area contributed by atoms with E-state index in [1.54, 1.807) is 20.9 Å². The van der Waals surface area contributed by atoms with Crippen LogP contribution in [-0.2, 0) is 57.3 Å². The van der Waals surface area contributed by atoms with Crippen LogP contribution in [0.4, 0.5) is 0 Å². The standard InChI is InChI=1S/C70H81Cl2N7O23/c1-27(2)14-41(75-6)66(92)76-54-28(3)30-9-12-46(39(71)16-30)98-48-19-33-20-49(61(48)102-69-62(60(88)59(87)50(100-69)26-96-7)101-52-25-70(5,74)63(89)29(4)97-52)99-47-13-10-32(17-40(47)72)58(86)57-67(93)78-56(68(94)95)38-22-35(80)23-43(82)53(38)37-15-31(8-11-42(37)81)36(65(91)79-57)24-45(84)55(33)77-64(90)34(18-44(54)83)21-51(73)85/h8-13,15-17,19-20,22-23,27-29,34,36,41,50,52,54-60,62-63,69,75,80-82,86-89H,14,18,21,24-26,74H2,1-7H3,(H2,73,85)(H,76,92)(H,77,90)(H,78,93)(H,79,91)(H,94,95)/t28-,29+,34+,36-,41-,50-,52+,54?,55-,56-,57+,58-,59-,60+,62-,63-,69+,70+/m1/s1. The van der Waals surface area contributed by atoms with E-state index in [-0.39, 0.29) is 57.2 Å². The fourth-order valence-electron chi connectivity index (χ4n) is 13.4. The lowest BCUT2D eigenvalue weighted by molar-refractivity contribution is -0.334. The lowest BCUT2D eigenvalue weighted by Gasteiger charge is -2.47. The Balaban J connectivity index is 1.24. The van der Waals surface area contributed by atoms with E-state index in [2.05, 4.69) is 26.6 Å². The summed E-state index contributed by atoms with van der Waals surface area (Å²) < 4.78 is 44.6. The second-order valence-corrected chi connectivity index (χ2v) is 27.7. The highest BCUT2D eigenvalue weighted by Gasteiger charge is 2.52. The number of primary amides is 1. The first-order valence-corrected chi connectivity index (χ1v) is 33.5. The summed E-state index contributed by atoms with van der Waals surface area (Å²) in [5, 5.41) is 105. The van der Waals surface area contributed by atoms with Gasteiger partial charge in [-0.1, -0.05) is 62.2 Å². The number of fused-ring (bicyclic) bond motifs is 15. The van der Waals surface area contributed by atoms with E-state index >= 15 is 19.2 Å². The maximum atomic E-state index is 16.2. The first kappa shape index (κ1) is 75.9. The predicted molar refractivity (Wildman–Crippen MR) is 360 cm³/mol. The van der Waals surface area contributed by atoms with E-state index in [9.17, 15) is 60.0 Å². The van der Waals surface area contributed by atoms with Crippen LogP contribution in [0.25, 0.3) is 11.1 Å². The number of phenols is 3. The van der Waals surface area contributed by atoms with Crippen molar-refractivity contribution in [3.05, 3.63) is 117 Å². The van der Waals surface area contributed by atoms with Crippen molar-refractivity contribution in [1.82, 2.24) is 26.6 Å². The number of hydrogen-bond donors (Lipinski definition) is 15. The van der Waals surface area contributed by atoms with Crippen molar-refractivity contribution < 1.29 is 112 Å². The van der Waals surface area contributed by atoms with Gasteiger partial charge >= 0.3 is 5.97 Å². The summed E-state index contributed by atoms with van der Waals surface area (Å²) in [6, 6.07) is 6.36. The van der Waals surface area contributed by atoms with Gasteiger partial charge in [0.25, 0.3) is 0 Å². The molecule has 548 valence electrons. The maximum Gasteiger partial charge on any atom is 0.330 e. The van der Waals surface area contributed by atoms with Gasteiger partial charge in [-0.25, -0.2) is 4.79 Å². The number of benzene rings is 5. The smallest absolute Gasteiger partial charge is 0.330 e. The van der Waals surface area contributed by atoms with Crippen LogP contribution in [0, 0.1) is 11.8 Å². The van der Waals surface area contributed by atoms with Crippen molar-refractivity contribution in [3.8, 4) is 57.1 Å². The minimum Gasteiger partial charge on any atom is -0.508 e. The quantitative estimate of drug-likeness (QED) is 0.0751. The number of methoxy groups -OCH3 is 1. The first-order valence-electron chi connectivity index (χ1n) is 32.8. The van der Waals surface area contributed by atoms with Gasteiger partial charge in [0.05, 0.1) is 52.8 Å². The Labute approximate surface area is 594 Å². The Morgan fingerprint density at radius 1 is 0.755 bits per heavy atom. The molecule has 18 atom stereocenters. The molecule has 0 radical (unpaired) electrons. The van der Waals surface area contributed by atoms with Gasteiger partial charge in [-0.15, -0.1) is 0 Å². The summed E-state index contributed by atoms with van der Waals surface area (Å²) >= 11 is 14.3. The zero-order chi connectivity index (χ0) is 74.2. The molecule has 1 unspecified atom stereocenters. The molecule has 7 heterocycles. The van der Waals surface area contributed by atoms with Crippen molar-refractivity contribution in [3.63, 3.8) is 0 Å². The fourth-order valence-corrected chi connectivity index (χ4v) is 13.9. The van der Waals surface area contributed by atoms with E-state index in [0.29, 0.717) is 12.0 Å². The van der Waals surface area contributed by atoms with Crippen LogP contribution in [0.2, 0.25) is 10.0 Å². The molecule has 2 saturated heterocycles. The number of aliphatic hydroxyl groups is 4. The van der Waals surface area contributed by atoms with Crippen molar-refractivity contribution in [2.45, 2.75) is 170 Å². The molecule has 17 N–H and O–H groups in total. The van der Waals surface area contributed by atoms with Crippen molar-refractivity contribution in [2.24, 2.45) is 23.3 Å². The molecule has 2 fully saturated rings. The molecule has 5 aromatic carbocycles. The van der Waals surface area contributed by atoms with E-state index < -0.39 is 226 Å². The number of ether oxygens (including phenoxy) is 7. The molecule has 11 bridgehead atoms. The number of phenolic OH excluding ortho intramolecular Hbond substituents is 3. The number of nitrogens with two attached hydrogens (primary N) is 2. The number of rotatable bonds is 14. The average molecular weight is 1460 g/mol. The number of amides is 5. The maximum absolute atomic E-state index is 16.2. The third-order valence-corrected chi connectivity index (χ3v) is 19.5. The average Bonchev–Trinajstić information content (AvgIpc) is 0.768. The van der Waals surface area contributed by atoms with Crippen LogP contribution in [0.1, 0.15) is 125 Å². The summed E-state index contributed by atoms with van der Waals surface area (Å²) in [4.78, 5) is 118. The Bertz CT molecular complexity index is 4090. The van der Waals surface area contributed by atoms with Crippen LogP contribution in [0.15, 0.2) is 78.9 Å². The van der Waals surface area contributed by atoms with E-state index in [0.717, 1.165) is 36.4 Å². The molecule has 102 heavy (non-hydrogen) atoms. The number of aliphatic carboxylic acids is 1. The molecule has 32 heteroatoms. The predicted octanol–water partition coefficient (Wildman–Crippen LogP) is 3.81. The number of ketones is 2. The number of aliphatic hydroxyl groups excluding tert-OH is 4. The number of hydrogen-bond acceptors (Lipinski definition) is 24. The number of likely N-dealkylation sites (N-methyl/N-ethyl adjacent to an activating group) is 1. The van der Waals surface area contributed by atoms with Crippen molar-refractivity contribution in [1.29, 1.82) is 0 Å². The van der Waals surface area contributed by atoms with E-state index in [4.69, 9.17) is 67.8 Å². The minimum atomic E-state index is -2.22. The Morgan fingerprint density at radius 2 is 1.40 bits per heavy atom. The molecule has 7 aliphatic heterocycles. The molecule has 12 rings (SSSR count). The van der Waals surface area contributed by atoms with Gasteiger partial charge in [0.15, 0.2) is 41.5 Å². The SMILES string of the molecule is CN[C@H](CC(C)C)C(=O)NC1C(=O)C[C@@H](CC(N)=O)C(=O)N[C@H]2C(=O)C[C@H]3C(=O)N[C@H](C(=O)N[C@@H](C(=O)O)c4cc(O)cc(O)c4-c4cc3ccc4O)[C@H](O)c3ccc(c(Cl)c3)Oc3cc2cc(c3O[C@@H]2O[C@H](COC)[C@@H](O)[C@H](O)[C@H]2O[C@H]2C[C@](C)(N)[C@H](O)[C@H](C)O2)Oc2ccc(cc2Cl)[C@H]1C. The molecule has 0 aromatic heterocycles.